The highest BCUT2D eigenvalue weighted by Crippen LogP contribution is 2.17. The topological polar surface area (TPSA) is 61.4 Å². The first-order valence-corrected chi connectivity index (χ1v) is 7.08. The van der Waals surface area contributed by atoms with Crippen LogP contribution in [0.25, 0.3) is 0 Å². The van der Waals surface area contributed by atoms with Crippen molar-refractivity contribution in [3.05, 3.63) is 0 Å². The maximum absolute atomic E-state index is 11.4. The number of nitrogens with zero attached hydrogens (tertiary/aromatic N) is 1. The Morgan fingerprint density at radius 2 is 1.88 bits per heavy atom. The number of halogens is 1. The second kappa shape index (κ2) is 6.16. The molecule has 2 fully saturated rings. The maximum atomic E-state index is 11.4. The molecular weight excluding hydrogens is 250 g/mol. The van der Waals surface area contributed by atoms with Crippen molar-refractivity contribution in [3.8, 4) is 0 Å². The molecule has 0 aliphatic carbocycles. The average molecular weight is 270 g/mol. The van der Waals surface area contributed by atoms with Crippen LogP contribution in [0.3, 0.4) is 0 Å². The van der Waals surface area contributed by atoms with E-state index >= 15 is 0 Å². The second-order valence-electron chi connectivity index (χ2n) is 4.28. The van der Waals surface area contributed by atoms with E-state index in [-0.39, 0.29) is 12.4 Å². The van der Waals surface area contributed by atoms with Crippen molar-refractivity contribution in [2.75, 3.05) is 32.7 Å². The highest BCUT2D eigenvalue weighted by Gasteiger charge is 2.27. The van der Waals surface area contributed by atoms with E-state index in [0.717, 1.165) is 19.5 Å². The fourth-order valence-corrected chi connectivity index (χ4v) is 3.45. The van der Waals surface area contributed by atoms with E-state index in [1.54, 1.807) is 4.31 Å². The van der Waals surface area contributed by atoms with Crippen LogP contribution in [-0.2, 0) is 10.2 Å². The summed E-state index contributed by atoms with van der Waals surface area (Å²) >= 11 is 0. The van der Waals surface area contributed by atoms with Gasteiger partial charge in [-0.25, -0.2) is 4.72 Å². The third kappa shape index (κ3) is 3.56. The van der Waals surface area contributed by atoms with Crippen molar-refractivity contribution < 1.29 is 8.42 Å². The lowest BCUT2D eigenvalue weighted by Crippen LogP contribution is -2.33. The van der Waals surface area contributed by atoms with Crippen LogP contribution in [-0.4, -0.2) is 45.4 Å². The molecule has 0 spiro atoms. The van der Waals surface area contributed by atoms with Crippen LogP contribution in [0, 0.1) is 5.92 Å². The molecular formula is C9H20ClN3O2S. The van der Waals surface area contributed by atoms with Crippen LogP contribution in [0.15, 0.2) is 0 Å². The average Bonchev–Trinajstić information content (AvgIpc) is 2.56. The summed E-state index contributed by atoms with van der Waals surface area (Å²) in [6.07, 6.45) is 3.37. The summed E-state index contributed by atoms with van der Waals surface area (Å²) in [4.78, 5) is 0. The molecule has 2 aliphatic heterocycles. The summed E-state index contributed by atoms with van der Waals surface area (Å²) in [6.45, 7) is 4.03. The molecule has 2 rings (SSSR count). The van der Waals surface area contributed by atoms with Gasteiger partial charge in [-0.3, -0.25) is 0 Å². The highest BCUT2D eigenvalue weighted by molar-refractivity contribution is 7.87. The molecule has 2 N–H and O–H groups in total. The number of piperidine rings is 1. The minimum atomic E-state index is -3.12. The lowest BCUT2D eigenvalue weighted by molar-refractivity contribution is 0.319. The van der Waals surface area contributed by atoms with Gasteiger partial charge in [-0.1, -0.05) is 0 Å². The fraction of sp³-hybridized carbons (Fsp3) is 1.00. The van der Waals surface area contributed by atoms with Gasteiger partial charge in [-0.2, -0.15) is 12.7 Å². The molecule has 5 nitrogen and oxygen atoms in total. The Morgan fingerprint density at radius 3 is 2.44 bits per heavy atom. The third-order valence-electron chi connectivity index (χ3n) is 3.23. The summed E-state index contributed by atoms with van der Waals surface area (Å²) in [5.74, 6) is 0.696. The first-order valence-electron chi connectivity index (χ1n) is 5.64. The van der Waals surface area contributed by atoms with Crippen LogP contribution in [0.1, 0.15) is 19.3 Å². The largest absolute Gasteiger partial charge is 0.317 e. The number of nitrogens with one attached hydrogen (secondary N) is 2. The van der Waals surface area contributed by atoms with Gasteiger partial charge in [0.1, 0.15) is 0 Å². The predicted molar refractivity (Wildman–Crippen MR) is 66.0 cm³/mol. The van der Waals surface area contributed by atoms with Crippen LogP contribution < -0.4 is 10.0 Å². The van der Waals surface area contributed by atoms with Gasteiger partial charge in [0, 0.05) is 19.6 Å². The monoisotopic (exact) mass is 269 g/mol. The van der Waals surface area contributed by atoms with Crippen LogP contribution >= 0.6 is 12.4 Å². The second-order valence-corrected chi connectivity index (χ2v) is 6.04. The summed E-state index contributed by atoms with van der Waals surface area (Å²) in [7, 11) is -3.12. The summed E-state index contributed by atoms with van der Waals surface area (Å²) in [5.41, 5.74) is 0. The lowest BCUT2D eigenvalue weighted by atomic mass is 9.95. The molecule has 2 heterocycles. The Bertz CT molecular complexity index is 304. The first-order chi connectivity index (χ1) is 7.18. The molecule has 0 unspecified atom stereocenters. The van der Waals surface area contributed by atoms with Gasteiger partial charge in [0.15, 0.2) is 0 Å². The molecule has 0 amide bonds. The number of hydrogen-bond donors (Lipinski definition) is 2. The Balaban J connectivity index is 0.00000128. The Labute approximate surface area is 104 Å². The smallest absolute Gasteiger partial charge is 0.279 e. The van der Waals surface area contributed by atoms with Gasteiger partial charge < -0.3 is 5.32 Å². The van der Waals surface area contributed by atoms with Crippen molar-refractivity contribution in [3.63, 3.8) is 0 Å². The molecule has 0 aromatic heterocycles. The SMILES string of the molecule is Cl.O=S1(=O)NCCN1CCC1CCNCC1. The Morgan fingerprint density at radius 1 is 1.19 bits per heavy atom. The van der Waals surface area contributed by atoms with Gasteiger partial charge >= 0.3 is 0 Å². The molecule has 0 bridgehead atoms. The van der Waals surface area contributed by atoms with E-state index in [0.29, 0.717) is 25.6 Å². The van der Waals surface area contributed by atoms with E-state index in [9.17, 15) is 8.42 Å². The quantitative estimate of drug-likeness (QED) is 0.755. The molecule has 0 aromatic carbocycles. The van der Waals surface area contributed by atoms with Crippen molar-refractivity contribution >= 4 is 22.6 Å². The molecule has 0 atom stereocenters. The summed E-state index contributed by atoms with van der Waals surface area (Å²) in [5, 5.41) is 3.31. The molecule has 0 aromatic rings. The summed E-state index contributed by atoms with van der Waals surface area (Å²) < 4.78 is 27.0. The van der Waals surface area contributed by atoms with Crippen molar-refractivity contribution in [1.29, 1.82) is 0 Å². The number of rotatable bonds is 3. The van der Waals surface area contributed by atoms with Crippen molar-refractivity contribution in [1.82, 2.24) is 14.3 Å². The van der Waals surface area contributed by atoms with E-state index in [4.69, 9.17) is 0 Å². The molecule has 0 radical (unpaired) electrons. The Hall–Kier alpha value is 0.120. The molecule has 7 heteroatoms. The van der Waals surface area contributed by atoms with Gasteiger partial charge in [-0.05, 0) is 38.3 Å². The molecule has 96 valence electrons. The van der Waals surface area contributed by atoms with Crippen molar-refractivity contribution in [2.24, 2.45) is 5.92 Å². The first kappa shape index (κ1) is 14.2. The van der Waals surface area contributed by atoms with E-state index in [1.807, 2.05) is 0 Å². The Kier molecular flexibility index (Phi) is 5.46. The molecule has 0 saturated carbocycles. The molecule has 2 saturated heterocycles. The summed E-state index contributed by atoms with van der Waals surface area (Å²) in [6, 6.07) is 0. The van der Waals surface area contributed by atoms with Crippen molar-refractivity contribution in [2.45, 2.75) is 19.3 Å². The zero-order valence-corrected chi connectivity index (χ0v) is 10.9. The van der Waals surface area contributed by atoms with Crippen LogP contribution in [0.4, 0.5) is 0 Å². The molecule has 16 heavy (non-hydrogen) atoms. The van der Waals surface area contributed by atoms with E-state index < -0.39 is 10.2 Å². The highest BCUT2D eigenvalue weighted by atomic mass is 35.5. The van der Waals surface area contributed by atoms with Gasteiger partial charge in [0.05, 0.1) is 0 Å². The third-order valence-corrected chi connectivity index (χ3v) is 4.84. The van der Waals surface area contributed by atoms with Gasteiger partial charge in [0.25, 0.3) is 10.2 Å². The van der Waals surface area contributed by atoms with Gasteiger partial charge in [0.2, 0.25) is 0 Å². The maximum Gasteiger partial charge on any atom is 0.279 e. The standard InChI is InChI=1S/C9H19N3O2S.ClH/c13-15(14)11-6-8-12(15)7-3-9-1-4-10-5-2-9;/h9-11H,1-8H2;1H. The fourth-order valence-electron chi connectivity index (χ4n) is 2.24. The lowest BCUT2D eigenvalue weighted by Gasteiger charge is -2.24. The predicted octanol–water partition coefficient (Wildman–Crippen LogP) is -0.0521. The zero-order valence-electron chi connectivity index (χ0n) is 9.31. The molecule has 2 aliphatic rings. The van der Waals surface area contributed by atoms with Gasteiger partial charge in [-0.15, -0.1) is 12.4 Å². The normalized spacial score (nSPS) is 26.5. The van der Waals surface area contributed by atoms with Crippen LogP contribution in [0.2, 0.25) is 0 Å². The van der Waals surface area contributed by atoms with E-state index in [1.165, 1.54) is 12.8 Å². The minimum Gasteiger partial charge on any atom is -0.317 e. The van der Waals surface area contributed by atoms with E-state index in [2.05, 4.69) is 10.0 Å². The number of hydrogen-bond acceptors (Lipinski definition) is 3. The zero-order chi connectivity index (χ0) is 10.7. The van der Waals surface area contributed by atoms with Crippen LogP contribution in [0.5, 0.6) is 0 Å². The minimum absolute atomic E-state index is 0.